The third kappa shape index (κ3) is 1.42. The van der Waals surface area contributed by atoms with Crippen molar-refractivity contribution in [2.75, 3.05) is 0 Å². The summed E-state index contributed by atoms with van der Waals surface area (Å²) < 4.78 is 0. The molecule has 0 bridgehead atoms. The van der Waals surface area contributed by atoms with Crippen LogP contribution in [0.3, 0.4) is 0 Å². The van der Waals surface area contributed by atoms with Crippen molar-refractivity contribution in [1.82, 2.24) is 0 Å². The van der Waals surface area contributed by atoms with Gasteiger partial charge in [0.1, 0.15) is 0 Å². The summed E-state index contributed by atoms with van der Waals surface area (Å²) in [6, 6.07) is 0. The van der Waals surface area contributed by atoms with Gasteiger partial charge in [-0.15, -0.1) is 0 Å². The van der Waals surface area contributed by atoms with Crippen molar-refractivity contribution in [2.24, 2.45) is 40.9 Å². The Hall–Kier alpha value is 0. The molecule has 3 rings (SSSR count). The zero-order valence-corrected chi connectivity index (χ0v) is 12.2. The zero-order valence-electron chi connectivity index (χ0n) is 12.2. The first-order valence-corrected chi connectivity index (χ1v) is 8.16. The van der Waals surface area contributed by atoms with E-state index in [2.05, 4.69) is 27.7 Å². The molecule has 98 valence electrons. The van der Waals surface area contributed by atoms with E-state index < -0.39 is 0 Å². The second-order valence-corrected chi connectivity index (χ2v) is 7.45. The van der Waals surface area contributed by atoms with Crippen LogP contribution in [-0.4, -0.2) is 0 Å². The Morgan fingerprint density at radius 1 is 1.00 bits per heavy atom. The lowest BCUT2D eigenvalue weighted by atomic mass is 9.61. The predicted octanol–water partition coefficient (Wildman–Crippen LogP) is 5.13. The lowest BCUT2D eigenvalue weighted by molar-refractivity contribution is 0.0493. The van der Waals surface area contributed by atoms with Crippen molar-refractivity contribution < 1.29 is 0 Å². The van der Waals surface area contributed by atoms with E-state index in [4.69, 9.17) is 0 Å². The zero-order chi connectivity index (χ0) is 12.2. The van der Waals surface area contributed by atoms with Crippen LogP contribution in [0.1, 0.15) is 66.2 Å². The topological polar surface area (TPSA) is 0 Å². The van der Waals surface area contributed by atoms with E-state index >= 15 is 0 Å². The highest BCUT2D eigenvalue weighted by atomic mass is 14.9. The molecule has 0 aromatic carbocycles. The smallest absolute Gasteiger partial charge is 0.0178 e. The first-order chi connectivity index (χ1) is 8.16. The van der Waals surface area contributed by atoms with Gasteiger partial charge in [0.25, 0.3) is 0 Å². The van der Waals surface area contributed by atoms with Gasteiger partial charge in [0, 0.05) is 0 Å². The van der Waals surface area contributed by atoms with Gasteiger partial charge < -0.3 is 0 Å². The van der Waals surface area contributed by atoms with Crippen LogP contribution in [0.4, 0.5) is 0 Å². The van der Waals surface area contributed by atoms with Crippen LogP contribution in [0.15, 0.2) is 0 Å². The van der Waals surface area contributed by atoms with Crippen molar-refractivity contribution in [3.05, 3.63) is 0 Å². The Balaban J connectivity index is 1.59. The molecule has 0 heteroatoms. The maximum absolute atomic E-state index is 2.58. The maximum atomic E-state index is 2.58. The lowest BCUT2D eigenvalue weighted by Gasteiger charge is -2.43. The highest BCUT2D eigenvalue weighted by Gasteiger charge is 2.81. The molecule has 3 aliphatic carbocycles. The summed E-state index contributed by atoms with van der Waals surface area (Å²) in [7, 11) is 0. The summed E-state index contributed by atoms with van der Waals surface area (Å²) >= 11 is 0. The van der Waals surface area contributed by atoms with E-state index in [-0.39, 0.29) is 0 Å². The third-order valence-corrected chi connectivity index (χ3v) is 7.10. The number of fused-ring (bicyclic) bond motifs is 1. The number of rotatable bonds is 6. The van der Waals surface area contributed by atoms with Gasteiger partial charge in [-0.25, -0.2) is 0 Å². The van der Waals surface area contributed by atoms with Gasteiger partial charge in [-0.05, 0) is 60.2 Å². The predicted molar refractivity (Wildman–Crippen MR) is 73.8 cm³/mol. The number of hydrogen-bond donors (Lipinski definition) is 0. The summed E-state index contributed by atoms with van der Waals surface area (Å²) in [6.07, 6.45) is 9.01. The SMILES string of the molecule is CCC(C)CCC(C)C12C3CC1C2CC3CC. The van der Waals surface area contributed by atoms with Crippen LogP contribution in [0, 0.1) is 40.9 Å². The van der Waals surface area contributed by atoms with E-state index in [1.54, 1.807) is 12.8 Å². The molecular weight excluding hydrogens is 204 g/mol. The molecule has 3 saturated carbocycles. The first kappa shape index (κ1) is 12.1. The molecule has 0 radical (unpaired) electrons. The molecule has 0 amide bonds. The molecule has 0 spiro atoms. The summed E-state index contributed by atoms with van der Waals surface area (Å²) in [4.78, 5) is 0. The van der Waals surface area contributed by atoms with Crippen LogP contribution >= 0.6 is 0 Å². The minimum absolute atomic E-state index is 0.883. The molecule has 0 heterocycles. The van der Waals surface area contributed by atoms with Crippen LogP contribution in [-0.2, 0) is 0 Å². The van der Waals surface area contributed by atoms with E-state index in [9.17, 15) is 0 Å². The largest absolute Gasteiger partial charge is 0.0651 e. The fourth-order valence-electron chi connectivity index (χ4n) is 5.82. The molecule has 0 nitrogen and oxygen atoms in total. The quantitative estimate of drug-likeness (QED) is 0.597. The van der Waals surface area contributed by atoms with E-state index in [1.165, 1.54) is 37.5 Å². The molecule has 0 aromatic rings. The normalized spacial score (nSPS) is 49.4. The van der Waals surface area contributed by atoms with Crippen molar-refractivity contribution in [3.63, 3.8) is 0 Å². The first-order valence-electron chi connectivity index (χ1n) is 8.16. The molecular formula is C17H30. The average Bonchev–Trinajstić information content (AvgIpc) is 2.73. The van der Waals surface area contributed by atoms with E-state index in [0.29, 0.717) is 0 Å². The van der Waals surface area contributed by atoms with Crippen molar-refractivity contribution in [3.8, 4) is 0 Å². The molecule has 0 aromatic heterocycles. The maximum Gasteiger partial charge on any atom is -0.0178 e. The Labute approximate surface area is 108 Å². The summed E-state index contributed by atoms with van der Waals surface area (Å²) in [6.45, 7) is 9.77. The van der Waals surface area contributed by atoms with Crippen LogP contribution in [0.5, 0.6) is 0 Å². The van der Waals surface area contributed by atoms with Crippen molar-refractivity contribution in [2.45, 2.75) is 66.2 Å². The lowest BCUT2D eigenvalue weighted by Crippen LogP contribution is -2.37. The summed E-state index contributed by atoms with van der Waals surface area (Å²) in [5, 5.41) is 0. The van der Waals surface area contributed by atoms with Crippen LogP contribution in [0.2, 0.25) is 0 Å². The minimum Gasteiger partial charge on any atom is -0.0651 e. The Morgan fingerprint density at radius 2 is 1.71 bits per heavy atom. The molecule has 0 N–H and O–H groups in total. The number of hydrogen-bond acceptors (Lipinski definition) is 0. The fraction of sp³-hybridized carbons (Fsp3) is 1.00. The minimum atomic E-state index is 0.883. The van der Waals surface area contributed by atoms with Crippen LogP contribution < -0.4 is 0 Å². The third-order valence-electron chi connectivity index (χ3n) is 7.10. The highest BCUT2D eigenvalue weighted by molar-refractivity contribution is 5.28. The monoisotopic (exact) mass is 234 g/mol. The summed E-state index contributed by atoms with van der Waals surface area (Å²) in [5.74, 6) is 6.59. The van der Waals surface area contributed by atoms with E-state index in [1.807, 2.05) is 0 Å². The van der Waals surface area contributed by atoms with E-state index in [0.717, 1.165) is 29.1 Å². The fourth-order valence-corrected chi connectivity index (χ4v) is 5.82. The highest BCUT2D eigenvalue weighted by Crippen LogP contribution is 2.86. The molecule has 7 unspecified atom stereocenters. The van der Waals surface area contributed by atoms with Crippen molar-refractivity contribution in [1.29, 1.82) is 0 Å². The molecule has 3 fully saturated rings. The Bertz CT molecular complexity index is 294. The van der Waals surface area contributed by atoms with Crippen molar-refractivity contribution >= 4 is 0 Å². The molecule has 3 aliphatic rings. The van der Waals surface area contributed by atoms with Gasteiger partial charge in [-0.1, -0.05) is 47.0 Å². The molecule has 7 atom stereocenters. The molecule has 17 heavy (non-hydrogen) atoms. The second kappa shape index (κ2) is 4.00. The van der Waals surface area contributed by atoms with Gasteiger partial charge in [0.05, 0.1) is 0 Å². The van der Waals surface area contributed by atoms with Gasteiger partial charge >= 0.3 is 0 Å². The molecule has 0 aliphatic heterocycles. The second-order valence-electron chi connectivity index (χ2n) is 7.45. The average molecular weight is 234 g/mol. The molecule has 0 saturated heterocycles. The Morgan fingerprint density at radius 3 is 2.29 bits per heavy atom. The van der Waals surface area contributed by atoms with Gasteiger partial charge in [0.15, 0.2) is 0 Å². The standard InChI is InChI=1S/C17H30/c1-5-11(3)7-8-12(4)17-14-10-16(17)15(17)9-13(14)6-2/h11-16H,5-10H2,1-4H3. The van der Waals surface area contributed by atoms with Gasteiger partial charge in [0.2, 0.25) is 0 Å². The van der Waals surface area contributed by atoms with Crippen LogP contribution in [0.25, 0.3) is 0 Å². The van der Waals surface area contributed by atoms with Gasteiger partial charge in [-0.2, -0.15) is 0 Å². The van der Waals surface area contributed by atoms with Gasteiger partial charge in [-0.3, -0.25) is 0 Å². The Kier molecular flexibility index (Phi) is 2.84. The summed E-state index contributed by atoms with van der Waals surface area (Å²) in [5.41, 5.74) is 0.883.